The van der Waals surface area contributed by atoms with Gasteiger partial charge >= 0.3 is 0 Å². The Morgan fingerprint density at radius 2 is 1.68 bits per heavy atom. The maximum atomic E-state index is 13.1. The summed E-state index contributed by atoms with van der Waals surface area (Å²) in [5, 5.41) is 0.0720. The summed E-state index contributed by atoms with van der Waals surface area (Å²) in [4.78, 5) is 18.1. The van der Waals surface area contributed by atoms with E-state index in [0.29, 0.717) is 59.5 Å². The summed E-state index contributed by atoms with van der Waals surface area (Å²) in [6, 6.07) is 0. The largest absolute Gasteiger partial charge is 0.443 e. The van der Waals surface area contributed by atoms with Gasteiger partial charge in [0.25, 0.3) is 0 Å². The van der Waals surface area contributed by atoms with Crippen LogP contribution in [0.25, 0.3) is 0 Å². The van der Waals surface area contributed by atoms with Crippen LogP contribution < -0.4 is 0 Å². The summed E-state index contributed by atoms with van der Waals surface area (Å²) in [7, 11) is -4.49. The van der Waals surface area contributed by atoms with Crippen molar-refractivity contribution in [1.82, 2.24) is 4.98 Å². The topological polar surface area (TPSA) is 61.6 Å². The molecule has 4 fully saturated rings. The Labute approximate surface area is 352 Å². The van der Waals surface area contributed by atoms with E-state index in [2.05, 4.69) is 108 Å². The standard InChI is InChI=1S/C50H85NO4Si2/c1-16-18-22-40-34-51-46(53-40)50(55-57(14,15)48(8,9)10)32-39(36(4)45(33-50)54-56(12,13)47(5,6)7)27-26-38-21-19-31-49(11)42(29-30-43(38)49)35(3)23-28-41(37-24-25-37)44(52)20-17-2/h26-27,34-35,37,41-43,45H,4,16-25,28-33H2,1-3,5-15H3/t35-,41?,42-,43+,45+,49-,50-/m1/s1. The van der Waals surface area contributed by atoms with Crippen molar-refractivity contribution < 1.29 is 18.1 Å². The van der Waals surface area contributed by atoms with Gasteiger partial charge in [-0.05, 0) is 147 Å². The normalized spacial score (nSPS) is 30.2. The first-order valence-corrected chi connectivity index (χ1v) is 29.2. The fourth-order valence-electron chi connectivity index (χ4n) is 10.5. The molecule has 0 spiro atoms. The fraction of sp³-hybridized carbons (Fsp3) is 0.800. The molecule has 7 heteroatoms. The number of unbranched alkanes of at least 4 members (excludes halogenated alkanes) is 1. The van der Waals surface area contributed by atoms with Gasteiger partial charge in [-0.2, -0.15) is 0 Å². The molecule has 5 nitrogen and oxygen atoms in total. The highest BCUT2D eigenvalue weighted by molar-refractivity contribution is 6.74. The first-order valence-electron chi connectivity index (χ1n) is 23.4. The van der Waals surface area contributed by atoms with Gasteiger partial charge in [0.15, 0.2) is 16.6 Å². The van der Waals surface area contributed by atoms with Crippen LogP contribution in [0.3, 0.4) is 0 Å². The van der Waals surface area contributed by atoms with Crippen LogP contribution in [0.15, 0.2) is 46.1 Å². The maximum absolute atomic E-state index is 13.1. The Balaban J connectivity index is 1.49. The molecule has 0 radical (unpaired) electrons. The zero-order valence-electron chi connectivity index (χ0n) is 39.3. The molecular weight excluding hydrogens is 735 g/mol. The summed E-state index contributed by atoms with van der Waals surface area (Å²) >= 11 is 0. The minimum Gasteiger partial charge on any atom is -0.443 e. The molecule has 0 N–H and O–H groups in total. The molecule has 0 aliphatic heterocycles. The molecule has 4 aliphatic carbocycles. The molecular formula is C50H85NO4Si2. The number of oxazole rings is 1. The van der Waals surface area contributed by atoms with E-state index >= 15 is 0 Å². The number of allylic oxidation sites excluding steroid dienone is 3. The number of ketones is 1. The van der Waals surface area contributed by atoms with Crippen molar-refractivity contribution >= 4 is 22.4 Å². The fourth-order valence-corrected chi connectivity index (χ4v) is 13.3. The number of aryl methyl sites for hydroxylation is 1. The summed E-state index contributed by atoms with van der Waals surface area (Å²) in [6.45, 7) is 37.8. The molecule has 1 heterocycles. The van der Waals surface area contributed by atoms with E-state index in [1.54, 1.807) is 5.57 Å². The molecule has 0 saturated heterocycles. The van der Waals surface area contributed by atoms with E-state index in [1.165, 1.54) is 56.9 Å². The number of hydrogen-bond acceptors (Lipinski definition) is 5. The second-order valence-electron chi connectivity index (χ2n) is 22.6. The first kappa shape index (κ1) is 46.5. The predicted molar refractivity (Wildman–Crippen MR) is 244 cm³/mol. The third kappa shape index (κ3) is 10.3. The minimum absolute atomic E-state index is 0.0142. The second-order valence-corrected chi connectivity index (χ2v) is 32.1. The highest BCUT2D eigenvalue weighted by Crippen LogP contribution is 2.60. The van der Waals surface area contributed by atoms with Gasteiger partial charge in [0, 0.05) is 31.6 Å². The van der Waals surface area contributed by atoms with Gasteiger partial charge in [-0.25, -0.2) is 4.98 Å². The Kier molecular flexibility index (Phi) is 14.5. The van der Waals surface area contributed by atoms with Gasteiger partial charge < -0.3 is 13.3 Å². The van der Waals surface area contributed by atoms with E-state index in [9.17, 15) is 4.79 Å². The first-order chi connectivity index (χ1) is 26.5. The third-order valence-electron chi connectivity index (χ3n) is 16.3. The molecule has 0 amide bonds. The van der Waals surface area contributed by atoms with Crippen molar-refractivity contribution in [2.24, 2.45) is 35.0 Å². The molecule has 4 saturated carbocycles. The van der Waals surface area contributed by atoms with Crippen LogP contribution in [0, 0.1) is 35.0 Å². The number of carbonyl (C=O) groups excluding carboxylic acids is 1. The zero-order valence-corrected chi connectivity index (χ0v) is 41.3. The SMILES string of the molecule is C=C1C(=CC=C2CCC[C@]3(C)[C@@H]([C@H](C)CCC(C(=O)CCC)C4CC4)CC[C@@H]23)C[C@](O[Si](C)(C)C(C)(C)C)(c2ncc(CCCC)o2)C[C@@H]1O[Si](C)(C)C(C)(C)C. The van der Waals surface area contributed by atoms with E-state index < -0.39 is 22.2 Å². The van der Waals surface area contributed by atoms with Crippen LogP contribution in [0.5, 0.6) is 0 Å². The highest BCUT2D eigenvalue weighted by Gasteiger charge is 2.54. The van der Waals surface area contributed by atoms with Gasteiger partial charge in [-0.1, -0.05) is 100.0 Å². The number of rotatable bonds is 17. The Morgan fingerprint density at radius 1 is 1.00 bits per heavy atom. The van der Waals surface area contributed by atoms with Crippen LogP contribution in [-0.4, -0.2) is 33.5 Å². The molecule has 1 aromatic rings. The summed E-state index contributed by atoms with van der Waals surface area (Å²) in [5.74, 6) is 5.15. The highest BCUT2D eigenvalue weighted by atomic mass is 28.4. The molecule has 0 bridgehead atoms. The van der Waals surface area contributed by atoms with Crippen molar-refractivity contribution in [1.29, 1.82) is 0 Å². The molecule has 322 valence electrons. The summed E-state index contributed by atoms with van der Waals surface area (Å²) in [5.41, 5.74) is 3.52. The lowest BCUT2D eigenvalue weighted by Gasteiger charge is -2.50. The van der Waals surface area contributed by atoms with Gasteiger partial charge in [0.05, 0.1) is 12.3 Å². The van der Waals surface area contributed by atoms with Crippen LogP contribution in [-0.2, 0) is 25.7 Å². The van der Waals surface area contributed by atoms with E-state index in [4.69, 9.17) is 24.8 Å². The molecule has 57 heavy (non-hydrogen) atoms. The van der Waals surface area contributed by atoms with Crippen molar-refractivity contribution in [3.63, 3.8) is 0 Å². The van der Waals surface area contributed by atoms with Gasteiger partial charge in [0.2, 0.25) is 5.89 Å². The molecule has 1 aromatic heterocycles. The molecule has 7 atom stereocenters. The smallest absolute Gasteiger partial charge is 0.225 e. The predicted octanol–water partition coefficient (Wildman–Crippen LogP) is 14.9. The Hall–Kier alpha value is -1.55. The van der Waals surface area contributed by atoms with Gasteiger partial charge in [0.1, 0.15) is 17.1 Å². The molecule has 4 aliphatic rings. The zero-order chi connectivity index (χ0) is 42.2. The monoisotopic (exact) mass is 820 g/mol. The van der Waals surface area contributed by atoms with Gasteiger partial charge in [-0.3, -0.25) is 4.79 Å². The Morgan fingerprint density at radius 3 is 2.30 bits per heavy atom. The average Bonchev–Trinajstić information content (AvgIpc) is 3.70. The summed E-state index contributed by atoms with van der Waals surface area (Å²) < 4.78 is 21.7. The second kappa shape index (κ2) is 17.8. The van der Waals surface area contributed by atoms with E-state index in [0.717, 1.165) is 49.9 Å². The van der Waals surface area contributed by atoms with Crippen LogP contribution in [0.4, 0.5) is 0 Å². The lowest BCUT2D eigenvalue weighted by Crippen LogP contribution is -2.53. The molecule has 5 rings (SSSR count). The molecule has 0 aromatic carbocycles. The van der Waals surface area contributed by atoms with Crippen LogP contribution in [0.1, 0.15) is 177 Å². The van der Waals surface area contributed by atoms with Crippen molar-refractivity contribution in [3.05, 3.63) is 53.3 Å². The third-order valence-corrected chi connectivity index (χ3v) is 25.3. The minimum atomic E-state index is -2.30. The lowest BCUT2D eigenvalue weighted by atomic mass is 9.60. The van der Waals surface area contributed by atoms with Crippen molar-refractivity contribution in [2.45, 2.75) is 220 Å². The molecule has 1 unspecified atom stereocenters. The van der Waals surface area contributed by atoms with Crippen LogP contribution in [0.2, 0.25) is 36.3 Å². The number of Topliss-reactive ketones (excluding diaryl/α,β-unsaturated/α-hetero) is 1. The van der Waals surface area contributed by atoms with Crippen molar-refractivity contribution in [3.8, 4) is 0 Å². The quantitative estimate of drug-likeness (QED) is 0.147. The van der Waals surface area contributed by atoms with E-state index in [-0.39, 0.29) is 16.2 Å². The summed E-state index contributed by atoms with van der Waals surface area (Å²) in [6.07, 6.45) is 24.0. The lowest BCUT2D eigenvalue weighted by molar-refractivity contribution is -0.123. The van der Waals surface area contributed by atoms with Crippen molar-refractivity contribution in [2.75, 3.05) is 0 Å². The Bertz CT molecular complexity index is 1620. The number of aromatic nitrogens is 1. The van der Waals surface area contributed by atoms with Crippen LogP contribution >= 0.6 is 0 Å². The van der Waals surface area contributed by atoms with E-state index in [1.807, 2.05) is 6.20 Å². The number of carbonyl (C=O) groups is 1. The maximum Gasteiger partial charge on any atom is 0.225 e. The van der Waals surface area contributed by atoms with Gasteiger partial charge in [-0.15, -0.1) is 0 Å². The number of fused-ring (bicyclic) bond motifs is 1. The average molecular weight is 820 g/mol. The number of hydrogen-bond donors (Lipinski definition) is 0. The number of nitrogens with zero attached hydrogens (tertiary/aromatic N) is 1.